The highest BCUT2D eigenvalue weighted by atomic mass is 16.5. The molecule has 0 unspecified atom stereocenters. The van der Waals surface area contributed by atoms with Gasteiger partial charge in [0.15, 0.2) is 29.7 Å². The van der Waals surface area contributed by atoms with E-state index in [1.54, 1.807) is 30.5 Å². The summed E-state index contributed by atoms with van der Waals surface area (Å²) in [4.78, 5) is 28.5. The maximum absolute atomic E-state index is 12.8. The van der Waals surface area contributed by atoms with E-state index < -0.39 is 0 Å². The van der Waals surface area contributed by atoms with Crippen LogP contribution in [0.2, 0.25) is 0 Å². The monoisotopic (exact) mass is 427 g/mol. The third-order valence-electron chi connectivity index (χ3n) is 5.27. The first-order valence-electron chi connectivity index (χ1n) is 10.5. The van der Waals surface area contributed by atoms with E-state index in [0.29, 0.717) is 41.2 Å². The molecule has 8 heteroatoms. The molecule has 3 rings (SSSR count). The number of aromatic nitrogens is 1. The summed E-state index contributed by atoms with van der Waals surface area (Å²) in [5, 5.41) is 5.29. The quantitative estimate of drug-likeness (QED) is 0.636. The summed E-state index contributed by atoms with van der Waals surface area (Å²) in [5.41, 5.74) is 0.369. The molecule has 1 aromatic heterocycles. The van der Waals surface area contributed by atoms with E-state index in [4.69, 9.17) is 14.2 Å². The van der Waals surface area contributed by atoms with E-state index in [2.05, 4.69) is 15.6 Å². The van der Waals surface area contributed by atoms with Crippen molar-refractivity contribution in [2.75, 3.05) is 32.7 Å². The maximum atomic E-state index is 12.8. The summed E-state index contributed by atoms with van der Waals surface area (Å²) in [7, 11) is 3.00. The Kier molecular flexibility index (Phi) is 8.09. The van der Waals surface area contributed by atoms with Crippen molar-refractivity contribution >= 4 is 17.6 Å². The van der Waals surface area contributed by atoms with Crippen molar-refractivity contribution in [3.05, 3.63) is 42.1 Å². The molecule has 1 fully saturated rings. The van der Waals surface area contributed by atoms with E-state index in [9.17, 15) is 9.59 Å². The van der Waals surface area contributed by atoms with Crippen molar-refractivity contribution in [2.24, 2.45) is 5.92 Å². The van der Waals surface area contributed by atoms with Gasteiger partial charge in [-0.1, -0.05) is 19.3 Å². The second-order valence-electron chi connectivity index (χ2n) is 7.45. The van der Waals surface area contributed by atoms with E-state index in [0.717, 1.165) is 0 Å². The van der Waals surface area contributed by atoms with Crippen molar-refractivity contribution in [2.45, 2.75) is 32.1 Å². The van der Waals surface area contributed by atoms with Gasteiger partial charge >= 0.3 is 0 Å². The van der Waals surface area contributed by atoms with Crippen LogP contribution in [0.3, 0.4) is 0 Å². The summed E-state index contributed by atoms with van der Waals surface area (Å²) >= 11 is 0. The molecule has 0 saturated heterocycles. The number of nitrogens with one attached hydrogen (secondary N) is 2. The molecule has 8 nitrogen and oxygen atoms in total. The smallest absolute Gasteiger partial charge is 0.257 e. The molecule has 0 bridgehead atoms. The summed E-state index contributed by atoms with van der Waals surface area (Å²) in [6.45, 7) is 0.480. The first kappa shape index (κ1) is 22.4. The Labute approximate surface area is 182 Å². The number of carbonyl (C=O) groups is 2. The molecule has 0 atom stereocenters. The first-order valence-corrected chi connectivity index (χ1v) is 10.5. The van der Waals surface area contributed by atoms with Crippen LogP contribution in [0.25, 0.3) is 0 Å². The number of hydrogen-bond donors (Lipinski definition) is 2. The normalized spacial score (nSPS) is 13.9. The van der Waals surface area contributed by atoms with Gasteiger partial charge in [-0.3, -0.25) is 9.59 Å². The lowest BCUT2D eigenvalue weighted by Gasteiger charge is -2.22. The molecule has 0 aliphatic heterocycles. The van der Waals surface area contributed by atoms with Gasteiger partial charge in [0.05, 0.1) is 13.7 Å². The second-order valence-corrected chi connectivity index (χ2v) is 7.45. The Hall–Kier alpha value is -3.29. The molecule has 1 saturated carbocycles. The highest BCUT2D eigenvalue weighted by Gasteiger charge is 2.17. The minimum atomic E-state index is -0.350. The largest absolute Gasteiger partial charge is 0.493 e. The van der Waals surface area contributed by atoms with Crippen LogP contribution in [0.1, 0.15) is 42.5 Å². The zero-order valence-electron chi connectivity index (χ0n) is 18.0. The van der Waals surface area contributed by atoms with Crippen molar-refractivity contribution < 1.29 is 23.8 Å². The Balaban J connectivity index is 1.66. The number of methoxy groups -OCH3 is 1. The zero-order valence-corrected chi connectivity index (χ0v) is 18.0. The standard InChI is InChI=1S/C23H29N3O5/c1-24-21(27)15-31-18-11-10-17(13-20(18)29-2)23(28)26-22-19(9-6-12-25-22)30-14-16-7-4-3-5-8-16/h6,9-13,16H,3-5,7-8,14-15H2,1-2H3,(H,24,27)(H,25,26,28). The van der Waals surface area contributed by atoms with Crippen molar-refractivity contribution in [3.8, 4) is 17.2 Å². The zero-order chi connectivity index (χ0) is 22.1. The average Bonchev–Trinajstić information content (AvgIpc) is 2.82. The molecular weight excluding hydrogens is 398 g/mol. The van der Waals surface area contributed by atoms with Gasteiger partial charge < -0.3 is 24.8 Å². The molecule has 1 aromatic carbocycles. The van der Waals surface area contributed by atoms with Gasteiger partial charge in [-0.05, 0) is 49.1 Å². The SMILES string of the molecule is CNC(=O)COc1ccc(C(=O)Nc2ncccc2OCC2CCCCC2)cc1OC. The first-order chi connectivity index (χ1) is 15.1. The molecule has 2 amide bonds. The van der Waals surface area contributed by atoms with E-state index in [1.165, 1.54) is 46.3 Å². The maximum Gasteiger partial charge on any atom is 0.257 e. The van der Waals surface area contributed by atoms with Gasteiger partial charge in [0, 0.05) is 18.8 Å². The van der Waals surface area contributed by atoms with E-state index >= 15 is 0 Å². The highest BCUT2D eigenvalue weighted by molar-refractivity contribution is 6.04. The van der Waals surface area contributed by atoms with Gasteiger partial charge in [-0.15, -0.1) is 0 Å². The molecule has 1 heterocycles. The lowest BCUT2D eigenvalue weighted by molar-refractivity contribution is -0.122. The molecule has 31 heavy (non-hydrogen) atoms. The number of carbonyl (C=O) groups excluding carboxylic acids is 2. The predicted molar refractivity (Wildman–Crippen MR) is 117 cm³/mol. The fourth-order valence-corrected chi connectivity index (χ4v) is 3.49. The van der Waals surface area contributed by atoms with Crippen LogP contribution in [0.4, 0.5) is 5.82 Å². The number of anilines is 1. The van der Waals surface area contributed by atoms with E-state index in [-0.39, 0.29) is 18.4 Å². The van der Waals surface area contributed by atoms with Crippen molar-refractivity contribution in [1.29, 1.82) is 0 Å². The third kappa shape index (κ3) is 6.34. The van der Waals surface area contributed by atoms with Gasteiger partial charge in [0.25, 0.3) is 11.8 Å². The van der Waals surface area contributed by atoms with Gasteiger partial charge in [-0.2, -0.15) is 0 Å². The molecule has 1 aliphatic carbocycles. The number of benzene rings is 1. The molecular formula is C23H29N3O5. The summed E-state index contributed by atoms with van der Waals surface area (Å²) in [6.07, 6.45) is 7.75. The van der Waals surface area contributed by atoms with E-state index in [1.807, 2.05) is 6.07 Å². The van der Waals surface area contributed by atoms with Crippen molar-refractivity contribution in [3.63, 3.8) is 0 Å². The predicted octanol–water partition coefficient (Wildman–Crippen LogP) is 3.43. The number of hydrogen-bond acceptors (Lipinski definition) is 6. The summed E-state index contributed by atoms with van der Waals surface area (Å²) in [5.74, 6) is 1.59. The third-order valence-corrected chi connectivity index (χ3v) is 5.27. The van der Waals surface area contributed by atoms with Crippen LogP contribution in [0.15, 0.2) is 36.5 Å². The molecule has 1 aliphatic rings. The number of amides is 2. The number of ether oxygens (including phenoxy) is 3. The summed E-state index contributed by atoms with van der Waals surface area (Å²) < 4.78 is 16.7. The van der Waals surface area contributed by atoms with Crippen LogP contribution < -0.4 is 24.8 Å². The van der Waals surface area contributed by atoms with Crippen LogP contribution in [-0.4, -0.2) is 44.2 Å². The van der Waals surface area contributed by atoms with Crippen LogP contribution in [0.5, 0.6) is 17.2 Å². The molecule has 2 N–H and O–H groups in total. The Morgan fingerprint density at radius 3 is 2.61 bits per heavy atom. The van der Waals surface area contributed by atoms with Gasteiger partial charge in [0.1, 0.15) is 0 Å². The van der Waals surface area contributed by atoms with Gasteiger partial charge in [0.2, 0.25) is 0 Å². The fraction of sp³-hybridized carbons (Fsp3) is 0.435. The molecule has 2 aromatic rings. The van der Waals surface area contributed by atoms with Crippen molar-refractivity contribution in [1.82, 2.24) is 10.3 Å². The van der Waals surface area contributed by atoms with Crippen LogP contribution in [-0.2, 0) is 4.79 Å². The topological polar surface area (TPSA) is 98.8 Å². The lowest BCUT2D eigenvalue weighted by atomic mass is 9.90. The fourth-order valence-electron chi connectivity index (χ4n) is 3.49. The lowest BCUT2D eigenvalue weighted by Crippen LogP contribution is -2.25. The number of nitrogens with zero attached hydrogens (tertiary/aromatic N) is 1. The molecule has 166 valence electrons. The highest BCUT2D eigenvalue weighted by Crippen LogP contribution is 2.30. The Bertz CT molecular complexity index is 897. The van der Waals surface area contributed by atoms with Gasteiger partial charge in [-0.25, -0.2) is 4.98 Å². The number of rotatable bonds is 9. The number of pyridine rings is 1. The molecule has 0 radical (unpaired) electrons. The minimum Gasteiger partial charge on any atom is -0.493 e. The summed E-state index contributed by atoms with van der Waals surface area (Å²) in [6, 6.07) is 8.34. The number of likely N-dealkylation sites (N-methyl/N-ethyl adjacent to an activating group) is 1. The Morgan fingerprint density at radius 2 is 1.87 bits per heavy atom. The molecule has 0 spiro atoms. The van der Waals surface area contributed by atoms with Crippen LogP contribution in [0, 0.1) is 5.92 Å². The average molecular weight is 428 g/mol. The van der Waals surface area contributed by atoms with Crippen LogP contribution >= 0.6 is 0 Å². The Morgan fingerprint density at radius 1 is 1.06 bits per heavy atom. The second kappa shape index (κ2) is 11.2. The minimum absolute atomic E-state index is 0.145.